The molecule has 0 saturated heterocycles. The summed E-state index contributed by atoms with van der Waals surface area (Å²) < 4.78 is 10.8. The van der Waals surface area contributed by atoms with Crippen molar-refractivity contribution in [1.82, 2.24) is 5.32 Å². The van der Waals surface area contributed by atoms with Gasteiger partial charge >= 0.3 is 0 Å². The molecule has 0 aliphatic heterocycles. The van der Waals surface area contributed by atoms with Crippen molar-refractivity contribution in [2.24, 2.45) is 0 Å². The minimum Gasteiger partial charge on any atom is -0.497 e. The number of nitrogens with one attached hydrogen (secondary N) is 2. The number of anilines is 1. The SMILES string of the molecule is COc1ccc(OC)c(/C=C(\NC(=O)c2ccccc2)C(=O)Nc2ccc(SCC(=O)c3ccc(-c4ccccc4)cc3)cc2)c1. The lowest BCUT2D eigenvalue weighted by molar-refractivity contribution is -0.113. The molecule has 0 aliphatic carbocycles. The molecule has 5 aromatic rings. The number of hydrogen-bond acceptors (Lipinski definition) is 6. The molecule has 2 amide bonds. The first-order valence-electron chi connectivity index (χ1n) is 14.5. The minimum absolute atomic E-state index is 0.0164. The quantitative estimate of drug-likeness (QED) is 0.0834. The second-order valence-corrected chi connectivity index (χ2v) is 11.2. The predicted octanol–water partition coefficient (Wildman–Crippen LogP) is 7.76. The summed E-state index contributed by atoms with van der Waals surface area (Å²) in [6, 6.07) is 38.6. The monoisotopic (exact) mass is 628 g/mol. The van der Waals surface area contributed by atoms with Crippen LogP contribution in [-0.4, -0.2) is 37.6 Å². The fraction of sp³-hybridized carbons (Fsp3) is 0.0789. The van der Waals surface area contributed by atoms with E-state index >= 15 is 0 Å². The van der Waals surface area contributed by atoms with Crippen LogP contribution in [0.3, 0.4) is 0 Å². The molecule has 2 N–H and O–H groups in total. The zero-order valence-electron chi connectivity index (χ0n) is 25.4. The van der Waals surface area contributed by atoms with Crippen LogP contribution in [-0.2, 0) is 4.79 Å². The predicted molar refractivity (Wildman–Crippen MR) is 183 cm³/mol. The summed E-state index contributed by atoms with van der Waals surface area (Å²) in [6.07, 6.45) is 1.54. The first-order chi connectivity index (χ1) is 22.4. The molecular weight excluding hydrogens is 596 g/mol. The third-order valence-corrected chi connectivity index (χ3v) is 8.07. The van der Waals surface area contributed by atoms with Crippen molar-refractivity contribution in [3.05, 3.63) is 150 Å². The van der Waals surface area contributed by atoms with Crippen LogP contribution < -0.4 is 20.1 Å². The van der Waals surface area contributed by atoms with Gasteiger partial charge in [0.2, 0.25) is 0 Å². The van der Waals surface area contributed by atoms with Crippen molar-refractivity contribution in [2.75, 3.05) is 25.3 Å². The van der Waals surface area contributed by atoms with Gasteiger partial charge in [0.15, 0.2) is 5.78 Å². The number of carbonyl (C=O) groups is 3. The third-order valence-electron chi connectivity index (χ3n) is 7.06. The molecule has 0 fully saturated rings. The van der Waals surface area contributed by atoms with E-state index in [0.29, 0.717) is 33.9 Å². The van der Waals surface area contributed by atoms with Crippen molar-refractivity contribution >= 4 is 41.1 Å². The van der Waals surface area contributed by atoms with E-state index in [1.54, 1.807) is 67.8 Å². The molecule has 0 aromatic heterocycles. The normalized spacial score (nSPS) is 11.0. The molecule has 0 atom stereocenters. The number of ether oxygens (including phenoxy) is 2. The fourth-order valence-electron chi connectivity index (χ4n) is 4.59. The van der Waals surface area contributed by atoms with Gasteiger partial charge < -0.3 is 20.1 Å². The summed E-state index contributed by atoms with van der Waals surface area (Å²) in [5.74, 6) is 0.412. The molecule has 0 radical (unpaired) electrons. The van der Waals surface area contributed by atoms with Crippen LogP contribution in [0.15, 0.2) is 138 Å². The highest BCUT2D eigenvalue weighted by molar-refractivity contribution is 8.00. The van der Waals surface area contributed by atoms with Crippen LogP contribution in [0.5, 0.6) is 11.5 Å². The van der Waals surface area contributed by atoms with E-state index in [1.807, 2.05) is 72.8 Å². The Kier molecular flexibility index (Phi) is 10.7. The van der Waals surface area contributed by atoms with Gasteiger partial charge in [-0.05, 0) is 71.8 Å². The standard InChI is InChI=1S/C38H32N2O5S/c1-44-32-19-22-36(45-2)30(23-32)24-34(40-37(42)29-11-7-4-8-12-29)38(43)39-31-17-20-33(21-18-31)46-25-35(41)28-15-13-27(14-16-28)26-9-5-3-6-10-26/h3-24H,25H2,1-2H3,(H,39,43)(H,40,42)/b34-24-. The first-order valence-corrected chi connectivity index (χ1v) is 15.4. The van der Waals surface area contributed by atoms with Gasteiger partial charge in [-0.1, -0.05) is 72.8 Å². The first kappa shape index (κ1) is 31.8. The molecular formula is C38H32N2O5S. The number of benzene rings is 5. The van der Waals surface area contributed by atoms with Crippen molar-refractivity contribution in [1.29, 1.82) is 0 Å². The van der Waals surface area contributed by atoms with Crippen LogP contribution in [0, 0.1) is 0 Å². The number of amides is 2. The fourth-order valence-corrected chi connectivity index (χ4v) is 5.39. The zero-order valence-corrected chi connectivity index (χ0v) is 26.2. The second kappa shape index (κ2) is 15.4. The minimum atomic E-state index is -0.524. The molecule has 8 heteroatoms. The largest absolute Gasteiger partial charge is 0.497 e. The highest BCUT2D eigenvalue weighted by Crippen LogP contribution is 2.27. The van der Waals surface area contributed by atoms with Crippen LogP contribution in [0.25, 0.3) is 17.2 Å². The Balaban J connectivity index is 1.26. The molecule has 0 saturated carbocycles. The van der Waals surface area contributed by atoms with E-state index < -0.39 is 11.8 Å². The van der Waals surface area contributed by atoms with Crippen molar-refractivity contribution in [3.63, 3.8) is 0 Å². The number of thioether (sulfide) groups is 1. The van der Waals surface area contributed by atoms with Gasteiger partial charge in [-0.15, -0.1) is 11.8 Å². The molecule has 230 valence electrons. The van der Waals surface area contributed by atoms with Gasteiger partial charge in [0.25, 0.3) is 11.8 Å². The Morgan fingerprint density at radius 2 is 1.35 bits per heavy atom. The zero-order chi connectivity index (χ0) is 32.3. The molecule has 0 bridgehead atoms. The van der Waals surface area contributed by atoms with E-state index in [9.17, 15) is 14.4 Å². The van der Waals surface area contributed by atoms with E-state index in [0.717, 1.165) is 16.0 Å². The number of Topliss-reactive ketones (excluding diaryl/α,β-unsaturated/α-hetero) is 1. The van der Waals surface area contributed by atoms with Gasteiger partial charge in [0, 0.05) is 27.3 Å². The van der Waals surface area contributed by atoms with E-state index in [4.69, 9.17) is 9.47 Å². The van der Waals surface area contributed by atoms with E-state index in [1.165, 1.54) is 18.9 Å². The summed E-state index contributed by atoms with van der Waals surface area (Å²) in [5, 5.41) is 5.59. The Hall–Kier alpha value is -5.60. The maximum atomic E-state index is 13.5. The van der Waals surface area contributed by atoms with Crippen LogP contribution in [0.2, 0.25) is 0 Å². The Labute approximate surface area is 272 Å². The van der Waals surface area contributed by atoms with Gasteiger partial charge in [-0.25, -0.2) is 0 Å². The van der Waals surface area contributed by atoms with Crippen molar-refractivity contribution < 1.29 is 23.9 Å². The lowest BCUT2D eigenvalue weighted by Crippen LogP contribution is -2.30. The van der Waals surface area contributed by atoms with Gasteiger partial charge in [-0.3, -0.25) is 14.4 Å². The third kappa shape index (κ3) is 8.31. The van der Waals surface area contributed by atoms with Crippen LogP contribution in [0.1, 0.15) is 26.3 Å². The lowest BCUT2D eigenvalue weighted by atomic mass is 10.0. The van der Waals surface area contributed by atoms with E-state index in [-0.39, 0.29) is 17.2 Å². The number of ketones is 1. The maximum absolute atomic E-state index is 13.5. The number of carbonyl (C=O) groups excluding carboxylic acids is 3. The van der Waals surface area contributed by atoms with Gasteiger partial charge in [0.1, 0.15) is 17.2 Å². The van der Waals surface area contributed by atoms with Gasteiger partial charge in [-0.2, -0.15) is 0 Å². The number of methoxy groups -OCH3 is 2. The number of rotatable bonds is 12. The molecule has 5 aromatic carbocycles. The van der Waals surface area contributed by atoms with Crippen LogP contribution >= 0.6 is 11.8 Å². The summed E-state index contributed by atoms with van der Waals surface area (Å²) in [4.78, 5) is 40.2. The van der Waals surface area contributed by atoms with Crippen molar-refractivity contribution in [2.45, 2.75) is 4.90 Å². The average Bonchev–Trinajstić information content (AvgIpc) is 3.11. The maximum Gasteiger partial charge on any atom is 0.272 e. The second-order valence-electron chi connectivity index (χ2n) is 10.1. The summed E-state index contributed by atoms with van der Waals surface area (Å²) >= 11 is 1.42. The summed E-state index contributed by atoms with van der Waals surface area (Å²) in [5.41, 5.74) is 4.30. The Bertz CT molecular complexity index is 1840. The molecule has 0 unspecified atom stereocenters. The van der Waals surface area contributed by atoms with E-state index in [2.05, 4.69) is 10.6 Å². The summed E-state index contributed by atoms with van der Waals surface area (Å²) in [7, 11) is 3.07. The highest BCUT2D eigenvalue weighted by Gasteiger charge is 2.17. The summed E-state index contributed by atoms with van der Waals surface area (Å²) in [6.45, 7) is 0. The van der Waals surface area contributed by atoms with Gasteiger partial charge in [0.05, 0.1) is 20.0 Å². The van der Waals surface area contributed by atoms with Crippen LogP contribution in [0.4, 0.5) is 5.69 Å². The molecule has 0 aliphatic rings. The lowest BCUT2D eigenvalue weighted by Gasteiger charge is -2.13. The topological polar surface area (TPSA) is 93.7 Å². The molecule has 46 heavy (non-hydrogen) atoms. The highest BCUT2D eigenvalue weighted by atomic mass is 32.2. The number of hydrogen-bond donors (Lipinski definition) is 2. The molecule has 5 rings (SSSR count). The Morgan fingerprint density at radius 1 is 0.696 bits per heavy atom. The molecule has 0 spiro atoms. The smallest absolute Gasteiger partial charge is 0.272 e. The molecule has 7 nitrogen and oxygen atoms in total. The molecule has 0 heterocycles. The average molecular weight is 629 g/mol. The van der Waals surface area contributed by atoms with Crippen molar-refractivity contribution in [3.8, 4) is 22.6 Å². The Morgan fingerprint density at radius 3 is 2.00 bits per heavy atom.